The molecule has 102 valence electrons. The quantitative estimate of drug-likeness (QED) is 0.525. The number of amides is 1. The van der Waals surface area contributed by atoms with Gasteiger partial charge in [0.15, 0.2) is 0 Å². The van der Waals surface area contributed by atoms with Gasteiger partial charge in [-0.05, 0) is 18.9 Å². The Morgan fingerprint density at radius 2 is 2.11 bits per heavy atom. The lowest BCUT2D eigenvalue weighted by molar-refractivity contribution is -0.385. The first kappa shape index (κ1) is 13.7. The summed E-state index contributed by atoms with van der Waals surface area (Å²) in [7, 11) is 0. The van der Waals surface area contributed by atoms with Crippen molar-refractivity contribution < 1.29 is 9.72 Å². The summed E-state index contributed by atoms with van der Waals surface area (Å²) < 4.78 is 0. The maximum atomic E-state index is 12.1. The van der Waals surface area contributed by atoms with Gasteiger partial charge in [-0.1, -0.05) is 30.9 Å². The second kappa shape index (κ2) is 5.97. The number of halogens is 1. The van der Waals surface area contributed by atoms with Gasteiger partial charge in [-0.25, -0.2) is 4.98 Å². The molecule has 1 fully saturated rings. The number of aromatic nitrogens is 1. The minimum atomic E-state index is -0.675. The molecule has 1 saturated carbocycles. The molecule has 1 N–H and O–H groups in total. The number of hydrogen-bond acceptors (Lipinski definition) is 4. The highest BCUT2D eigenvalue weighted by Gasteiger charge is 2.26. The van der Waals surface area contributed by atoms with Crippen LogP contribution in [0.1, 0.15) is 42.5 Å². The minimum absolute atomic E-state index is 0.0319. The van der Waals surface area contributed by atoms with Crippen LogP contribution in [-0.2, 0) is 0 Å². The van der Waals surface area contributed by atoms with Crippen LogP contribution in [0.4, 0.5) is 5.69 Å². The topological polar surface area (TPSA) is 85.1 Å². The average Bonchev–Trinajstić information content (AvgIpc) is 2.39. The zero-order valence-electron chi connectivity index (χ0n) is 10.3. The molecular weight excluding hydrogens is 270 g/mol. The van der Waals surface area contributed by atoms with E-state index in [9.17, 15) is 14.9 Å². The van der Waals surface area contributed by atoms with Crippen molar-refractivity contribution in [1.82, 2.24) is 10.3 Å². The Kier molecular flexibility index (Phi) is 4.31. The number of nitro groups is 1. The lowest BCUT2D eigenvalue weighted by Gasteiger charge is -2.22. The predicted molar refractivity (Wildman–Crippen MR) is 70.2 cm³/mol. The molecule has 0 unspecified atom stereocenters. The van der Waals surface area contributed by atoms with Crippen molar-refractivity contribution in [1.29, 1.82) is 0 Å². The van der Waals surface area contributed by atoms with Gasteiger partial charge in [0.1, 0.15) is 5.56 Å². The zero-order chi connectivity index (χ0) is 13.8. The van der Waals surface area contributed by atoms with Crippen LogP contribution in [0, 0.1) is 10.1 Å². The van der Waals surface area contributed by atoms with Gasteiger partial charge >= 0.3 is 5.69 Å². The Labute approximate surface area is 115 Å². The maximum absolute atomic E-state index is 12.1. The highest BCUT2D eigenvalue weighted by molar-refractivity contribution is 6.32. The second-order valence-corrected chi connectivity index (χ2v) is 4.92. The molecule has 0 radical (unpaired) electrons. The smallest absolute Gasteiger partial charge is 0.319 e. The summed E-state index contributed by atoms with van der Waals surface area (Å²) >= 11 is 5.68. The van der Waals surface area contributed by atoms with E-state index in [1.165, 1.54) is 18.7 Å². The van der Waals surface area contributed by atoms with E-state index in [-0.39, 0.29) is 16.8 Å². The van der Waals surface area contributed by atoms with Crippen molar-refractivity contribution in [3.05, 3.63) is 33.1 Å². The van der Waals surface area contributed by atoms with Crippen LogP contribution >= 0.6 is 11.6 Å². The summed E-state index contributed by atoms with van der Waals surface area (Å²) in [5.74, 6) is -0.456. The summed E-state index contributed by atoms with van der Waals surface area (Å²) in [4.78, 5) is 26.0. The SMILES string of the molecule is O=C(NC1CCCCC1)c1ccnc(Cl)c1[N+](=O)[O-]. The molecule has 6 nitrogen and oxygen atoms in total. The van der Waals surface area contributed by atoms with Gasteiger partial charge in [0.25, 0.3) is 5.91 Å². The number of nitrogens with zero attached hydrogens (tertiary/aromatic N) is 2. The third-order valence-electron chi connectivity index (χ3n) is 3.25. The third kappa shape index (κ3) is 3.20. The van der Waals surface area contributed by atoms with E-state index in [0.29, 0.717) is 0 Å². The van der Waals surface area contributed by atoms with E-state index < -0.39 is 16.5 Å². The van der Waals surface area contributed by atoms with E-state index in [2.05, 4.69) is 10.3 Å². The summed E-state index contributed by atoms with van der Waals surface area (Å²) in [6.07, 6.45) is 6.45. The molecule has 19 heavy (non-hydrogen) atoms. The molecule has 1 heterocycles. The number of carbonyl (C=O) groups is 1. The summed E-state index contributed by atoms with van der Waals surface area (Å²) in [6.45, 7) is 0. The Bertz CT molecular complexity index is 501. The molecule has 0 atom stereocenters. The van der Waals surface area contributed by atoms with E-state index in [1.807, 2.05) is 0 Å². The number of rotatable bonds is 3. The normalized spacial score (nSPS) is 16.1. The molecule has 1 amide bonds. The molecule has 2 rings (SSSR count). The van der Waals surface area contributed by atoms with Crippen LogP contribution in [0.5, 0.6) is 0 Å². The van der Waals surface area contributed by atoms with Gasteiger partial charge in [0.05, 0.1) is 4.92 Å². The Balaban J connectivity index is 2.18. The summed E-state index contributed by atoms with van der Waals surface area (Å²) in [5.41, 5.74) is -0.465. The summed E-state index contributed by atoms with van der Waals surface area (Å²) in [5, 5.41) is 13.5. The van der Waals surface area contributed by atoms with Crippen LogP contribution in [0.25, 0.3) is 0 Å². The van der Waals surface area contributed by atoms with Crippen molar-refractivity contribution in [3.63, 3.8) is 0 Å². The molecule has 1 aliphatic rings. The van der Waals surface area contributed by atoms with Crippen molar-refractivity contribution in [2.24, 2.45) is 0 Å². The first-order chi connectivity index (χ1) is 9.09. The molecule has 0 aromatic carbocycles. The number of pyridine rings is 1. The number of carbonyl (C=O) groups excluding carboxylic acids is 1. The zero-order valence-corrected chi connectivity index (χ0v) is 11.0. The van der Waals surface area contributed by atoms with Gasteiger partial charge in [0, 0.05) is 12.2 Å². The van der Waals surface area contributed by atoms with Crippen molar-refractivity contribution in [2.75, 3.05) is 0 Å². The van der Waals surface area contributed by atoms with Crippen LogP contribution in [0.3, 0.4) is 0 Å². The average molecular weight is 284 g/mol. The van der Waals surface area contributed by atoms with Crippen molar-refractivity contribution in [2.45, 2.75) is 38.1 Å². The fourth-order valence-corrected chi connectivity index (χ4v) is 2.52. The van der Waals surface area contributed by atoms with Gasteiger partial charge in [-0.15, -0.1) is 0 Å². The standard InChI is InChI=1S/C12H14ClN3O3/c13-11-10(16(18)19)9(6-7-14-11)12(17)15-8-4-2-1-3-5-8/h6-8H,1-5H2,(H,15,17). The molecule has 1 aromatic rings. The van der Waals surface area contributed by atoms with Crippen molar-refractivity contribution >= 4 is 23.2 Å². The number of nitrogens with one attached hydrogen (secondary N) is 1. The lowest BCUT2D eigenvalue weighted by atomic mass is 9.95. The molecule has 1 aliphatic carbocycles. The largest absolute Gasteiger partial charge is 0.349 e. The molecule has 0 saturated heterocycles. The van der Waals surface area contributed by atoms with Crippen LogP contribution in [-0.4, -0.2) is 21.9 Å². The Morgan fingerprint density at radius 3 is 2.74 bits per heavy atom. The van der Waals surface area contributed by atoms with Crippen molar-refractivity contribution in [3.8, 4) is 0 Å². The van der Waals surface area contributed by atoms with Gasteiger partial charge < -0.3 is 5.32 Å². The first-order valence-electron chi connectivity index (χ1n) is 6.19. The van der Waals surface area contributed by atoms with E-state index in [0.717, 1.165) is 25.7 Å². The van der Waals surface area contributed by atoms with Gasteiger partial charge in [-0.3, -0.25) is 14.9 Å². The monoisotopic (exact) mass is 283 g/mol. The molecule has 7 heteroatoms. The molecule has 1 aromatic heterocycles. The second-order valence-electron chi connectivity index (χ2n) is 4.56. The van der Waals surface area contributed by atoms with E-state index >= 15 is 0 Å². The molecule has 0 aliphatic heterocycles. The number of hydrogen-bond donors (Lipinski definition) is 1. The van der Waals surface area contributed by atoms with Crippen LogP contribution in [0.15, 0.2) is 12.3 Å². The maximum Gasteiger partial charge on any atom is 0.319 e. The Hall–Kier alpha value is -1.69. The molecular formula is C12H14ClN3O3. The van der Waals surface area contributed by atoms with Crippen LogP contribution < -0.4 is 5.32 Å². The van der Waals surface area contributed by atoms with E-state index in [1.54, 1.807) is 0 Å². The molecule has 0 spiro atoms. The Morgan fingerprint density at radius 1 is 1.42 bits per heavy atom. The molecule has 0 bridgehead atoms. The third-order valence-corrected chi connectivity index (χ3v) is 3.52. The minimum Gasteiger partial charge on any atom is -0.349 e. The van der Waals surface area contributed by atoms with Gasteiger partial charge in [-0.2, -0.15) is 0 Å². The highest BCUT2D eigenvalue weighted by atomic mass is 35.5. The lowest BCUT2D eigenvalue weighted by Crippen LogP contribution is -2.36. The van der Waals surface area contributed by atoms with E-state index in [4.69, 9.17) is 11.6 Å². The first-order valence-corrected chi connectivity index (χ1v) is 6.57. The highest BCUT2D eigenvalue weighted by Crippen LogP contribution is 2.26. The predicted octanol–water partition coefficient (Wildman–Crippen LogP) is 2.71. The fourth-order valence-electron chi connectivity index (χ4n) is 2.30. The van der Waals surface area contributed by atoms with Crippen LogP contribution in [0.2, 0.25) is 5.15 Å². The van der Waals surface area contributed by atoms with Gasteiger partial charge in [0.2, 0.25) is 5.15 Å². The fraction of sp³-hybridized carbons (Fsp3) is 0.500. The summed E-state index contributed by atoms with van der Waals surface area (Å²) in [6, 6.07) is 1.41.